The molecule has 2 rings (SSSR count). The highest BCUT2D eigenvalue weighted by atomic mass is 35.5. The van der Waals surface area contributed by atoms with Crippen molar-refractivity contribution in [1.29, 1.82) is 0 Å². The first-order chi connectivity index (χ1) is 38.4. The largest absolute Gasteiger partial charge is 0.504 e. The van der Waals surface area contributed by atoms with Crippen molar-refractivity contribution in [1.82, 2.24) is 35.1 Å². The summed E-state index contributed by atoms with van der Waals surface area (Å²) in [5.41, 5.74) is 7.98. The number of unbranched alkanes of at least 4 members (excludes halogenated alkanes) is 4. The number of nitrogens with zero attached hydrogens (tertiary/aromatic N) is 2. The third-order valence-corrected chi connectivity index (χ3v) is 9.55. The number of carboxylic acids is 1. The molecule has 0 spiro atoms. The van der Waals surface area contributed by atoms with Crippen molar-refractivity contribution >= 4 is 52.6 Å². The molecule has 81 heavy (non-hydrogen) atoms. The molecule has 464 valence electrons. The van der Waals surface area contributed by atoms with Gasteiger partial charge in [-0.3, -0.25) is 53.2 Å². The predicted octanol–water partition coefficient (Wildman–Crippen LogP) is 1.52. The van der Waals surface area contributed by atoms with E-state index in [2.05, 4.69) is 48.4 Å². The normalized spacial score (nSPS) is 11.7. The Labute approximate surface area is 476 Å². The second-order valence-electron chi connectivity index (χ2n) is 16.3. The van der Waals surface area contributed by atoms with Gasteiger partial charge in [0.25, 0.3) is 17.0 Å². The van der Waals surface area contributed by atoms with Gasteiger partial charge in [-0.15, -0.1) is 0 Å². The number of imide groups is 1. The van der Waals surface area contributed by atoms with Crippen molar-refractivity contribution in [2.24, 2.45) is 11.5 Å². The number of methoxy groups -OCH3 is 4. The van der Waals surface area contributed by atoms with Gasteiger partial charge in [0.1, 0.15) is 24.2 Å². The van der Waals surface area contributed by atoms with Crippen molar-refractivity contribution < 1.29 is 76.6 Å². The number of amides is 4. The third kappa shape index (κ3) is 49.7. The summed E-state index contributed by atoms with van der Waals surface area (Å²) in [6.07, 6.45) is 15.9. The Bertz CT molecular complexity index is 2310. The number of ether oxygens (including phenoxy) is 8. The number of carboxylic acid groups (broad SMARTS) is 1. The van der Waals surface area contributed by atoms with Crippen LogP contribution in [-0.2, 0) is 66.7 Å². The molecule has 0 aromatic carbocycles. The van der Waals surface area contributed by atoms with E-state index in [1.165, 1.54) is 97.5 Å². The number of aromatic amines is 2. The van der Waals surface area contributed by atoms with Crippen LogP contribution < -0.4 is 49.9 Å². The Kier molecular flexibility index (Phi) is 54.5. The fraction of sp³-hybridized carbons (Fsp3) is 0.627. The van der Waals surface area contributed by atoms with Gasteiger partial charge in [0.05, 0.1) is 54.2 Å². The Morgan fingerprint density at radius 3 is 1.44 bits per heavy atom. The molecule has 0 saturated carbocycles. The lowest BCUT2D eigenvalue weighted by atomic mass is 10.3. The van der Waals surface area contributed by atoms with Gasteiger partial charge >= 0.3 is 35.3 Å². The number of esters is 2. The average molecular weight is 1180 g/mol. The van der Waals surface area contributed by atoms with E-state index >= 15 is 0 Å². The smallest absolute Gasteiger partial charge is 0.329 e. The van der Waals surface area contributed by atoms with Crippen LogP contribution in [0.15, 0.2) is 68.4 Å². The van der Waals surface area contributed by atoms with Crippen LogP contribution in [0, 0.1) is 0 Å². The first kappa shape index (κ1) is 80.5. The minimum Gasteiger partial charge on any atom is -0.504 e. The first-order valence-corrected chi connectivity index (χ1v) is 26.1. The van der Waals surface area contributed by atoms with Crippen molar-refractivity contribution in [2.45, 2.75) is 117 Å². The zero-order valence-electron chi connectivity index (χ0n) is 48.3. The van der Waals surface area contributed by atoms with Crippen LogP contribution in [0.5, 0.6) is 0 Å². The molecule has 0 bridgehead atoms. The van der Waals surface area contributed by atoms with Gasteiger partial charge < -0.3 is 65.1 Å². The molecule has 2 aromatic heterocycles. The van der Waals surface area contributed by atoms with Crippen molar-refractivity contribution in [2.75, 3.05) is 94.4 Å². The third-order valence-electron chi connectivity index (χ3n) is 9.42. The molecule has 2 heterocycles. The number of hydrogen-bond acceptors (Lipinski definition) is 21. The molecule has 0 aliphatic heterocycles. The maximum absolute atomic E-state index is 12.0. The van der Waals surface area contributed by atoms with Crippen molar-refractivity contribution in [3.05, 3.63) is 90.9 Å². The quantitative estimate of drug-likeness (QED) is 0.0169. The van der Waals surface area contributed by atoms with E-state index < -0.39 is 75.8 Å². The molecular weight excluding hydrogens is 1090 g/mol. The average Bonchev–Trinajstić information content (AvgIpc) is 3.42. The topological polar surface area (TPSA) is 411 Å². The number of H-pyrrole nitrogens is 2. The predicted molar refractivity (Wildman–Crippen MR) is 300 cm³/mol. The summed E-state index contributed by atoms with van der Waals surface area (Å²) in [7, 11) is 5.32. The van der Waals surface area contributed by atoms with E-state index in [0.717, 1.165) is 80.9 Å². The number of carbonyl (C=O) groups excluding carboxylic acids is 6. The van der Waals surface area contributed by atoms with E-state index in [-0.39, 0.29) is 11.9 Å². The minimum absolute atomic E-state index is 0.308. The first-order valence-electron chi connectivity index (χ1n) is 25.7. The molecule has 0 aliphatic rings. The number of nitrogens with one attached hydrogen (secondary N) is 5. The highest BCUT2D eigenvalue weighted by Crippen LogP contribution is 2.01. The number of urea groups is 1. The molecule has 0 aliphatic carbocycles. The molecule has 29 nitrogen and oxygen atoms in total. The molecule has 10 N–H and O–H groups in total. The second kappa shape index (κ2) is 54.9. The van der Waals surface area contributed by atoms with Gasteiger partial charge in [0.2, 0.25) is 11.1 Å². The van der Waals surface area contributed by atoms with Crippen LogP contribution in [-0.4, -0.2) is 172 Å². The number of rotatable bonds is 32. The summed E-state index contributed by atoms with van der Waals surface area (Å²) in [5, 5.41) is 14.9. The Hall–Kier alpha value is -7.02. The summed E-state index contributed by atoms with van der Waals surface area (Å²) in [6.45, 7) is 16.9. The molecule has 0 unspecified atom stereocenters. The van der Waals surface area contributed by atoms with Crippen LogP contribution in [0.2, 0.25) is 0 Å². The van der Waals surface area contributed by atoms with Crippen LogP contribution in [0.3, 0.4) is 0 Å². The highest BCUT2D eigenvalue weighted by Gasteiger charge is 2.17. The number of halogens is 1. The molecule has 2 aromatic rings. The Balaban J connectivity index is -0.000000465. The van der Waals surface area contributed by atoms with Gasteiger partial charge in [-0.1, -0.05) is 39.5 Å². The van der Waals surface area contributed by atoms with Gasteiger partial charge in [-0.25, -0.2) is 24.0 Å². The monoisotopic (exact) mass is 1180 g/mol. The Morgan fingerprint density at radius 2 is 1.07 bits per heavy atom. The van der Waals surface area contributed by atoms with Gasteiger partial charge in [0, 0.05) is 89.4 Å². The number of carbonyl (C=O) groups is 7. The summed E-state index contributed by atoms with van der Waals surface area (Å²) in [5.74, 6) is -3.07. The Morgan fingerprint density at radius 1 is 0.642 bits per heavy atom. The highest BCUT2D eigenvalue weighted by molar-refractivity contribution is 6.66. The standard InChI is InChI=1S/C17H29N3O5.C10H23NO2.C9H14N2O5.C7H8N2O4.C4H5ClO2.C4H9NO2/c1-3-4-5-10-24-11-6-12-25-13-8-18-16(22)14(2)20-9-7-15(21)19-17(20)23;1-2-3-4-7-12-8-5-9-13-10-6-11;1-6(8(13)16-3)10-9(14)11-7(12)4-5-15-2;1-4(6(11)12)9-3-2-5(10)8-7(9)13;1-7-3-2-4(5)6;1-3(5)4(6)7-2/h7,9,14H,3-6,8,10-13H2,1-2H3,(H,18,22)(H,19,21,23);2-11H2,1H3;4-6H,1-3H3,(H2,10,11,12,14);2-4H,1H3,(H,11,12)(H,8,10,13);2-3H,1H3;3H,5H2,1-2H3/b;;5-4+;;3-2+;/t14-;;6-;4-;;3-/m0.00.0/s1. The van der Waals surface area contributed by atoms with Gasteiger partial charge in [-0.2, -0.15) is 0 Å². The maximum atomic E-state index is 12.0. The number of aliphatic carboxylic acids is 1. The molecule has 4 amide bonds. The lowest BCUT2D eigenvalue weighted by molar-refractivity contribution is -0.142. The van der Waals surface area contributed by atoms with Crippen molar-refractivity contribution in [3.8, 4) is 0 Å². The molecule has 0 fully saturated rings. The van der Waals surface area contributed by atoms with E-state index in [4.69, 9.17) is 47.1 Å². The molecule has 0 radical (unpaired) electrons. The zero-order valence-corrected chi connectivity index (χ0v) is 49.0. The van der Waals surface area contributed by atoms with Crippen LogP contribution >= 0.6 is 11.6 Å². The summed E-state index contributed by atoms with van der Waals surface area (Å²) in [4.78, 5) is 124. The summed E-state index contributed by atoms with van der Waals surface area (Å²) >= 11 is 4.85. The molecule has 0 saturated heterocycles. The van der Waals surface area contributed by atoms with Crippen molar-refractivity contribution in [3.63, 3.8) is 0 Å². The van der Waals surface area contributed by atoms with E-state index in [1.807, 2.05) is 10.3 Å². The molecule has 30 heteroatoms. The van der Waals surface area contributed by atoms with Crippen LogP contribution in [0.4, 0.5) is 4.79 Å². The summed E-state index contributed by atoms with van der Waals surface area (Å²) < 4.78 is 41.1. The lowest BCUT2D eigenvalue weighted by Gasteiger charge is -2.14. The second-order valence-corrected chi connectivity index (χ2v) is 16.6. The molecular formula is C51H88ClN9O20. The minimum atomic E-state index is -1.13. The number of hydrogen-bond donors (Lipinski definition) is 8. The van der Waals surface area contributed by atoms with Gasteiger partial charge in [-0.05, 0) is 65.0 Å². The fourth-order valence-corrected chi connectivity index (χ4v) is 5.14. The van der Waals surface area contributed by atoms with E-state index in [0.29, 0.717) is 39.5 Å². The number of aromatic nitrogens is 4. The maximum Gasteiger partial charge on any atom is 0.329 e. The SMILES string of the molecule is CCCCCOCCCOCCN.CCCCCOCCCOCCNC(=O)[C@H](C)n1ccc(=O)[nH]c1=O.CO/C=C/C(=O)Cl.CO/C=C/C(=O)NC(=O)N[C@@H](C)C(=O)OC.COC(=O)[C@H](C)N.C[C@@H](C(=O)O)n1ccc(=O)[nH]c1=O. The van der Waals surface area contributed by atoms with Crippen LogP contribution in [0.25, 0.3) is 0 Å². The van der Waals surface area contributed by atoms with Gasteiger partial charge in [0.15, 0.2) is 0 Å². The number of nitrogens with two attached hydrogens (primary N) is 2. The number of allylic oxidation sites excluding steroid dienone is 1. The summed E-state index contributed by atoms with van der Waals surface area (Å²) in [6, 6.07) is -1.50. The van der Waals surface area contributed by atoms with Crippen LogP contribution in [0.1, 0.15) is 105 Å². The molecule has 4 atom stereocenters. The van der Waals surface area contributed by atoms with E-state index in [1.54, 1.807) is 13.8 Å². The van der Waals surface area contributed by atoms with E-state index in [9.17, 15) is 52.7 Å². The lowest BCUT2D eigenvalue weighted by Crippen LogP contribution is -2.46. The zero-order chi connectivity index (χ0) is 62.4. The fourth-order valence-electron chi connectivity index (χ4n) is 5.09.